The summed E-state index contributed by atoms with van der Waals surface area (Å²) in [4.78, 5) is 10.2. The molecule has 2 aromatic heterocycles. The van der Waals surface area contributed by atoms with E-state index in [-0.39, 0.29) is 5.82 Å². The maximum atomic E-state index is 13.3. The summed E-state index contributed by atoms with van der Waals surface area (Å²) in [5.74, 6) is 1.41. The summed E-state index contributed by atoms with van der Waals surface area (Å²) < 4.78 is 13.3. The molecule has 0 bridgehead atoms. The largest absolute Gasteiger partial charge is 0.361 e. The molecule has 0 aliphatic carbocycles. The van der Waals surface area contributed by atoms with Crippen LogP contribution in [0.2, 0.25) is 0 Å². The standard InChI is InChI=1S/C19H20FN3/c1-13-3-2-4-19(22-13)23-9-7-14(8-10-23)17-12-21-18-11-15(20)5-6-16(17)18/h2-6,11-12,14,21H,7-10H2,1H3. The van der Waals surface area contributed by atoms with Crippen LogP contribution in [0, 0.1) is 12.7 Å². The van der Waals surface area contributed by atoms with Crippen LogP contribution in [0.3, 0.4) is 0 Å². The summed E-state index contributed by atoms with van der Waals surface area (Å²) in [5.41, 5.74) is 3.27. The molecule has 1 aliphatic rings. The number of aryl methyl sites for hydroxylation is 1. The quantitative estimate of drug-likeness (QED) is 0.761. The second-order valence-electron chi connectivity index (χ2n) is 6.33. The van der Waals surface area contributed by atoms with Gasteiger partial charge >= 0.3 is 0 Å². The first kappa shape index (κ1) is 14.2. The van der Waals surface area contributed by atoms with Crippen molar-refractivity contribution in [1.82, 2.24) is 9.97 Å². The maximum absolute atomic E-state index is 13.3. The zero-order valence-electron chi connectivity index (χ0n) is 13.2. The van der Waals surface area contributed by atoms with E-state index < -0.39 is 0 Å². The van der Waals surface area contributed by atoms with Crippen LogP contribution in [0.4, 0.5) is 10.2 Å². The Morgan fingerprint density at radius 3 is 2.78 bits per heavy atom. The van der Waals surface area contributed by atoms with E-state index in [1.165, 1.54) is 5.56 Å². The van der Waals surface area contributed by atoms with Crippen molar-refractivity contribution in [2.24, 2.45) is 0 Å². The molecular formula is C19H20FN3. The van der Waals surface area contributed by atoms with Crippen LogP contribution in [0.5, 0.6) is 0 Å². The molecule has 3 aromatic rings. The van der Waals surface area contributed by atoms with Crippen molar-refractivity contribution < 1.29 is 4.39 Å². The molecule has 118 valence electrons. The normalized spacial score (nSPS) is 16.2. The van der Waals surface area contributed by atoms with Crippen molar-refractivity contribution >= 4 is 16.7 Å². The van der Waals surface area contributed by atoms with Gasteiger partial charge in [-0.05, 0) is 61.6 Å². The second kappa shape index (κ2) is 5.69. The number of hydrogen-bond donors (Lipinski definition) is 1. The number of pyridine rings is 1. The molecule has 0 spiro atoms. The molecule has 0 radical (unpaired) electrons. The molecule has 1 fully saturated rings. The number of nitrogens with zero attached hydrogens (tertiary/aromatic N) is 2. The van der Waals surface area contributed by atoms with Gasteiger partial charge in [-0.1, -0.05) is 6.07 Å². The minimum Gasteiger partial charge on any atom is -0.361 e. The molecule has 4 heteroatoms. The predicted molar refractivity (Wildman–Crippen MR) is 91.4 cm³/mol. The van der Waals surface area contributed by atoms with Crippen molar-refractivity contribution in [2.75, 3.05) is 18.0 Å². The number of nitrogens with one attached hydrogen (secondary N) is 1. The third kappa shape index (κ3) is 2.69. The van der Waals surface area contributed by atoms with E-state index in [1.54, 1.807) is 12.1 Å². The first-order valence-corrected chi connectivity index (χ1v) is 8.16. The highest BCUT2D eigenvalue weighted by atomic mass is 19.1. The van der Waals surface area contributed by atoms with Gasteiger partial charge in [0.2, 0.25) is 0 Å². The fourth-order valence-corrected chi connectivity index (χ4v) is 3.58. The average Bonchev–Trinajstić information content (AvgIpc) is 2.98. The van der Waals surface area contributed by atoms with Gasteiger partial charge in [0.1, 0.15) is 11.6 Å². The van der Waals surface area contributed by atoms with Gasteiger partial charge < -0.3 is 9.88 Å². The number of halogens is 1. The van der Waals surface area contributed by atoms with Gasteiger partial charge in [0.15, 0.2) is 0 Å². The van der Waals surface area contributed by atoms with Crippen molar-refractivity contribution in [3.8, 4) is 0 Å². The average molecular weight is 309 g/mol. The van der Waals surface area contributed by atoms with Crippen molar-refractivity contribution in [3.63, 3.8) is 0 Å². The van der Waals surface area contributed by atoms with Crippen LogP contribution in [0.25, 0.3) is 10.9 Å². The lowest BCUT2D eigenvalue weighted by molar-refractivity contribution is 0.505. The molecule has 4 rings (SSSR count). The van der Waals surface area contributed by atoms with Crippen molar-refractivity contribution in [2.45, 2.75) is 25.7 Å². The fraction of sp³-hybridized carbons (Fsp3) is 0.316. The number of rotatable bonds is 2. The Bertz CT molecular complexity index is 832. The van der Waals surface area contributed by atoms with E-state index in [2.05, 4.69) is 33.2 Å². The van der Waals surface area contributed by atoms with E-state index >= 15 is 0 Å². The van der Waals surface area contributed by atoms with Gasteiger partial charge in [0, 0.05) is 35.9 Å². The smallest absolute Gasteiger partial charge is 0.128 e. The first-order valence-electron chi connectivity index (χ1n) is 8.16. The zero-order valence-corrected chi connectivity index (χ0v) is 13.2. The van der Waals surface area contributed by atoms with Crippen LogP contribution in [0.1, 0.15) is 30.0 Å². The SMILES string of the molecule is Cc1cccc(N2CCC(c3c[nH]c4cc(F)ccc34)CC2)n1. The summed E-state index contributed by atoms with van der Waals surface area (Å²) in [6, 6.07) is 11.2. The number of H-pyrrole nitrogens is 1. The Balaban J connectivity index is 1.52. The third-order valence-electron chi connectivity index (χ3n) is 4.81. The fourth-order valence-electron chi connectivity index (χ4n) is 3.58. The molecule has 0 atom stereocenters. The molecule has 3 nitrogen and oxygen atoms in total. The van der Waals surface area contributed by atoms with Crippen molar-refractivity contribution in [1.29, 1.82) is 0 Å². The molecule has 1 aromatic carbocycles. The van der Waals surface area contributed by atoms with Gasteiger partial charge in [0.05, 0.1) is 0 Å². The first-order chi connectivity index (χ1) is 11.2. The lowest BCUT2D eigenvalue weighted by Gasteiger charge is -2.33. The molecule has 1 saturated heterocycles. The topological polar surface area (TPSA) is 31.9 Å². The molecule has 0 unspecified atom stereocenters. The Labute approximate surface area is 135 Å². The van der Waals surface area contributed by atoms with E-state index in [9.17, 15) is 4.39 Å². The number of aromatic nitrogens is 2. The van der Waals surface area contributed by atoms with Crippen LogP contribution in [-0.2, 0) is 0 Å². The molecule has 1 aliphatic heterocycles. The predicted octanol–water partition coefficient (Wildman–Crippen LogP) is 4.39. The minimum absolute atomic E-state index is 0.189. The Hall–Kier alpha value is -2.36. The second-order valence-corrected chi connectivity index (χ2v) is 6.33. The molecule has 0 amide bonds. The minimum atomic E-state index is -0.189. The Kier molecular flexibility index (Phi) is 3.52. The number of hydrogen-bond acceptors (Lipinski definition) is 2. The van der Waals surface area contributed by atoms with Gasteiger partial charge in [-0.2, -0.15) is 0 Å². The molecule has 1 N–H and O–H groups in total. The van der Waals surface area contributed by atoms with E-state index in [0.29, 0.717) is 5.92 Å². The van der Waals surface area contributed by atoms with E-state index in [0.717, 1.165) is 48.3 Å². The van der Waals surface area contributed by atoms with Gasteiger partial charge in [-0.3, -0.25) is 0 Å². The lowest BCUT2D eigenvalue weighted by atomic mass is 9.89. The van der Waals surface area contributed by atoms with Gasteiger partial charge in [-0.25, -0.2) is 9.37 Å². The Morgan fingerprint density at radius 2 is 2.00 bits per heavy atom. The highest BCUT2D eigenvalue weighted by molar-refractivity contribution is 5.83. The summed E-state index contributed by atoms with van der Waals surface area (Å²) >= 11 is 0. The highest BCUT2D eigenvalue weighted by Gasteiger charge is 2.23. The van der Waals surface area contributed by atoms with Crippen LogP contribution in [-0.4, -0.2) is 23.1 Å². The summed E-state index contributed by atoms with van der Waals surface area (Å²) in [7, 11) is 0. The van der Waals surface area contributed by atoms with E-state index in [1.807, 2.05) is 19.1 Å². The maximum Gasteiger partial charge on any atom is 0.128 e. The Morgan fingerprint density at radius 1 is 1.17 bits per heavy atom. The summed E-state index contributed by atoms with van der Waals surface area (Å²) in [6.07, 6.45) is 4.25. The molecule has 0 saturated carbocycles. The number of anilines is 1. The lowest BCUT2D eigenvalue weighted by Crippen LogP contribution is -2.33. The van der Waals surface area contributed by atoms with Crippen LogP contribution < -0.4 is 4.90 Å². The van der Waals surface area contributed by atoms with Gasteiger partial charge in [-0.15, -0.1) is 0 Å². The number of piperidine rings is 1. The molecular weight excluding hydrogens is 289 g/mol. The third-order valence-corrected chi connectivity index (χ3v) is 4.81. The molecule has 23 heavy (non-hydrogen) atoms. The summed E-state index contributed by atoms with van der Waals surface area (Å²) in [6.45, 7) is 4.05. The van der Waals surface area contributed by atoms with E-state index in [4.69, 9.17) is 0 Å². The van der Waals surface area contributed by atoms with Crippen molar-refractivity contribution in [3.05, 3.63) is 59.7 Å². The summed E-state index contributed by atoms with van der Waals surface area (Å²) in [5, 5.41) is 1.15. The van der Waals surface area contributed by atoms with Crippen LogP contribution in [0.15, 0.2) is 42.6 Å². The molecule has 3 heterocycles. The van der Waals surface area contributed by atoms with Gasteiger partial charge in [0.25, 0.3) is 0 Å². The van der Waals surface area contributed by atoms with Crippen LogP contribution >= 0.6 is 0 Å². The number of benzene rings is 1. The monoisotopic (exact) mass is 309 g/mol. The number of fused-ring (bicyclic) bond motifs is 1. The highest BCUT2D eigenvalue weighted by Crippen LogP contribution is 2.34. The number of aromatic amines is 1. The zero-order chi connectivity index (χ0) is 15.8.